The van der Waals surface area contributed by atoms with E-state index in [4.69, 9.17) is 16.3 Å². The Labute approximate surface area is 187 Å². The Bertz CT molecular complexity index is 968. The van der Waals surface area contributed by atoms with E-state index in [1.807, 2.05) is 50.2 Å². The Kier molecular flexibility index (Phi) is 7.69. The highest BCUT2D eigenvalue weighted by Gasteiger charge is 2.22. The van der Waals surface area contributed by atoms with Gasteiger partial charge in [0.1, 0.15) is 0 Å². The Morgan fingerprint density at radius 2 is 1.68 bits per heavy atom. The molecule has 0 N–H and O–H groups in total. The van der Waals surface area contributed by atoms with Gasteiger partial charge in [0.2, 0.25) is 0 Å². The van der Waals surface area contributed by atoms with E-state index in [0.717, 1.165) is 16.8 Å². The average Bonchev–Trinajstić information content (AvgIpc) is 2.77. The molecule has 0 bridgehead atoms. The summed E-state index contributed by atoms with van der Waals surface area (Å²) in [5.74, 6) is -0.869. The fraction of sp³-hybridized carbons (Fsp3) is 0.375. The molecule has 6 nitrogen and oxygen atoms in total. The standard InChI is InChI=1S/C24H27ClN2O4/c1-17-6-7-19(14-18(17)2)22(28)8-9-24(30)31-16-23(29)27-12-10-26(11-13-27)21-5-3-4-20(25)15-21/h3-7,14-15H,8-13,16H2,1-2H3. The van der Waals surface area contributed by atoms with E-state index >= 15 is 0 Å². The van der Waals surface area contributed by atoms with Crippen LogP contribution in [0.5, 0.6) is 0 Å². The molecule has 0 unspecified atom stereocenters. The van der Waals surface area contributed by atoms with Gasteiger partial charge in [-0.1, -0.05) is 29.8 Å². The lowest BCUT2D eigenvalue weighted by Crippen LogP contribution is -2.49. The van der Waals surface area contributed by atoms with E-state index in [1.54, 1.807) is 11.0 Å². The number of hydrogen-bond donors (Lipinski definition) is 0. The third-order valence-electron chi connectivity index (χ3n) is 5.55. The van der Waals surface area contributed by atoms with Crippen molar-refractivity contribution in [1.29, 1.82) is 0 Å². The molecule has 1 amide bonds. The third kappa shape index (κ3) is 6.31. The van der Waals surface area contributed by atoms with Gasteiger partial charge in [-0.3, -0.25) is 14.4 Å². The number of hydrogen-bond acceptors (Lipinski definition) is 5. The summed E-state index contributed by atoms with van der Waals surface area (Å²) < 4.78 is 5.10. The molecule has 1 aliphatic rings. The number of aryl methyl sites for hydroxylation is 2. The number of esters is 1. The van der Waals surface area contributed by atoms with Gasteiger partial charge in [-0.15, -0.1) is 0 Å². The lowest BCUT2D eigenvalue weighted by Gasteiger charge is -2.36. The molecule has 1 saturated heterocycles. The number of nitrogens with zero attached hydrogens (tertiary/aromatic N) is 2. The predicted molar refractivity (Wildman–Crippen MR) is 121 cm³/mol. The van der Waals surface area contributed by atoms with Crippen LogP contribution in [0, 0.1) is 13.8 Å². The molecule has 0 radical (unpaired) electrons. The summed E-state index contributed by atoms with van der Waals surface area (Å²) in [6.45, 7) is 6.10. The maximum absolute atomic E-state index is 12.4. The molecule has 0 aromatic heterocycles. The zero-order chi connectivity index (χ0) is 22.4. The molecule has 31 heavy (non-hydrogen) atoms. The quantitative estimate of drug-likeness (QED) is 0.481. The second-order valence-electron chi connectivity index (χ2n) is 7.73. The number of Topliss-reactive ketones (excluding diaryl/α,β-unsaturated/α-hetero) is 1. The first-order chi connectivity index (χ1) is 14.8. The largest absolute Gasteiger partial charge is 0.456 e. The number of benzene rings is 2. The number of halogens is 1. The molecule has 1 fully saturated rings. The molecule has 0 spiro atoms. The molecule has 3 rings (SSSR count). The van der Waals surface area contributed by atoms with Crippen molar-refractivity contribution in [3.8, 4) is 0 Å². The van der Waals surface area contributed by atoms with Crippen LogP contribution in [-0.4, -0.2) is 55.3 Å². The first-order valence-corrected chi connectivity index (χ1v) is 10.8. The SMILES string of the molecule is Cc1ccc(C(=O)CCC(=O)OCC(=O)N2CCN(c3cccc(Cl)c3)CC2)cc1C. The summed E-state index contributed by atoms with van der Waals surface area (Å²) in [7, 11) is 0. The number of rotatable bonds is 7. The highest BCUT2D eigenvalue weighted by Crippen LogP contribution is 2.21. The summed E-state index contributed by atoms with van der Waals surface area (Å²) in [6, 6.07) is 13.1. The minimum absolute atomic E-state index is 0.0401. The van der Waals surface area contributed by atoms with E-state index in [-0.39, 0.29) is 31.1 Å². The van der Waals surface area contributed by atoms with E-state index in [2.05, 4.69) is 4.90 Å². The minimum Gasteiger partial charge on any atom is -0.456 e. The van der Waals surface area contributed by atoms with Crippen LogP contribution in [-0.2, 0) is 14.3 Å². The molecule has 7 heteroatoms. The van der Waals surface area contributed by atoms with Gasteiger partial charge in [0.25, 0.3) is 5.91 Å². The summed E-state index contributed by atoms with van der Waals surface area (Å²) in [4.78, 5) is 40.5. The van der Waals surface area contributed by atoms with Gasteiger partial charge in [-0.25, -0.2) is 0 Å². The summed E-state index contributed by atoms with van der Waals surface area (Å²) >= 11 is 6.05. The minimum atomic E-state index is -0.539. The predicted octanol–water partition coefficient (Wildman–Crippen LogP) is 3.81. The molecule has 1 heterocycles. The highest BCUT2D eigenvalue weighted by molar-refractivity contribution is 6.30. The van der Waals surface area contributed by atoms with Gasteiger partial charge < -0.3 is 14.5 Å². The number of carbonyl (C=O) groups excluding carboxylic acids is 3. The van der Waals surface area contributed by atoms with Crippen molar-refractivity contribution in [3.63, 3.8) is 0 Å². The van der Waals surface area contributed by atoms with Crippen molar-refractivity contribution in [2.75, 3.05) is 37.7 Å². The fourth-order valence-corrected chi connectivity index (χ4v) is 3.65. The maximum atomic E-state index is 12.4. The lowest BCUT2D eigenvalue weighted by atomic mass is 10.0. The monoisotopic (exact) mass is 442 g/mol. The Balaban J connectivity index is 1.39. The fourth-order valence-electron chi connectivity index (χ4n) is 3.47. The number of amides is 1. The normalized spacial score (nSPS) is 13.8. The van der Waals surface area contributed by atoms with Crippen molar-refractivity contribution in [2.24, 2.45) is 0 Å². The Hall–Kier alpha value is -2.86. The second-order valence-corrected chi connectivity index (χ2v) is 8.17. The van der Waals surface area contributed by atoms with Gasteiger partial charge in [0, 0.05) is 48.9 Å². The van der Waals surface area contributed by atoms with Crippen LogP contribution in [0.15, 0.2) is 42.5 Å². The van der Waals surface area contributed by atoms with Crippen LogP contribution in [0.2, 0.25) is 5.02 Å². The van der Waals surface area contributed by atoms with E-state index in [1.165, 1.54) is 0 Å². The maximum Gasteiger partial charge on any atom is 0.306 e. The first-order valence-electron chi connectivity index (χ1n) is 10.4. The number of anilines is 1. The van der Waals surface area contributed by atoms with Gasteiger partial charge in [0.05, 0.1) is 6.42 Å². The zero-order valence-corrected chi connectivity index (χ0v) is 18.7. The molecule has 0 saturated carbocycles. The van der Waals surface area contributed by atoms with Crippen LogP contribution in [0.25, 0.3) is 0 Å². The number of ketones is 1. The van der Waals surface area contributed by atoms with Crippen LogP contribution in [0.3, 0.4) is 0 Å². The molecule has 1 aliphatic heterocycles. The van der Waals surface area contributed by atoms with Crippen molar-refractivity contribution < 1.29 is 19.1 Å². The highest BCUT2D eigenvalue weighted by atomic mass is 35.5. The van der Waals surface area contributed by atoms with Crippen molar-refractivity contribution in [1.82, 2.24) is 4.90 Å². The summed E-state index contributed by atoms with van der Waals surface area (Å²) in [5, 5.41) is 0.680. The smallest absolute Gasteiger partial charge is 0.306 e. The second kappa shape index (κ2) is 10.4. The molecule has 2 aromatic rings. The average molecular weight is 443 g/mol. The topological polar surface area (TPSA) is 66.9 Å². The van der Waals surface area contributed by atoms with E-state index in [9.17, 15) is 14.4 Å². The lowest BCUT2D eigenvalue weighted by molar-refractivity contribution is -0.152. The third-order valence-corrected chi connectivity index (χ3v) is 5.78. The first kappa shape index (κ1) is 22.8. The molecule has 0 aliphatic carbocycles. The van der Waals surface area contributed by atoms with Gasteiger partial charge >= 0.3 is 5.97 Å². The Morgan fingerprint density at radius 1 is 0.935 bits per heavy atom. The van der Waals surface area contributed by atoms with Crippen LogP contribution >= 0.6 is 11.6 Å². The van der Waals surface area contributed by atoms with Gasteiger partial charge in [0.15, 0.2) is 12.4 Å². The molecule has 2 aromatic carbocycles. The number of piperazine rings is 1. The number of carbonyl (C=O) groups is 3. The molecule has 0 atom stereocenters. The van der Waals surface area contributed by atoms with Crippen LogP contribution in [0.4, 0.5) is 5.69 Å². The van der Waals surface area contributed by atoms with Crippen LogP contribution in [0.1, 0.15) is 34.3 Å². The van der Waals surface area contributed by atoms with Crippen molar-refractivity contribution in [3.05, 3.63) is 64.2 Å². The zero-order valence-electron chi connectivity index (χ0n) is 17.9. The summed E-state index contributed by atoms with van der Waals surface area (Å²) in [5.41, 5.74) is 3.77. The van der Waals surface area contributed by atoms with Crippen molar-refractivity contribution in [2.45, 2.75) is 26.7 Å². The molecule has 164 valence electrons. The molecular formula is C24H27ClN2O4. The molecular weight excluding hydrogens is 416 g/mol. The van der Waals surface area contributed by atoms with Crippen molar-refractivity contribution >= 4 is 34.9 Å². The Morgan fingerprint density at radius 3 is 2.35 bits per heavy atom. The number of ether oxygens (including phenoxy) is 1. The summed E-state index contributed by atoms with van der Waals surface area (Å²) in [6.07, 6.45) is 0.0232. The van der Waals surface area contributed by atoms with E-state index in [0.29, 0.717) is 36.8 Å². The van der Waals surface area contributed by atoms with Gasteiger partial charge in [-0.2, -0.15) is 0 Å². The van der Waals surface area contributed by atoms with E-state index < -0.39 is 5.97 Å². The van der Waals surface area contributed by atoms with Gasteiger partial charge in [-0.05, 0) is 49.2 Å². The van der Waals surface area contributed by atoms with Crippen LogP contribution < -0.4 is 4.90 Å².